The van der Waals surface area contributed by atoms with E-state index in [4.69, 9.17) is 9.47 Å². The molecule has 8 nitrogen and oxygen atoms in total. The third kappa shape index (κ3) is 3.46. The van der Waals surface area contributed by atoms with Crippen molar-refractivity contribution in [2.75, 3.05) is 26.3 Å². The summed E-state index contributed by atoms with van der Waals surface area (Å²) in [7, 11) is 0. The summed E-state index contributed by atoms with van der Waals surface area (Å²) in [6.07, 6.45) is 3.91. The lowest BCUT2D eigenvalue weighted by Crippen LogP contribution is -2.58. The molecule has 3 fully saturated rings. The minimum absolute atomic E-state index is 0.0155. The summed E-state index contributed by atoms with van der Waals surface area (Å²) in [5, 5.41) is 9.70. The molecule has 3 aliphatic heterocycles. The Labute approximate surface area is 190 Å². The van der Waals surface area contributed by atoms with Crippen LogP contribution in [0, 0.1) is 17.8 Å². The molecule has 0 aliphatic carbocycles. The normalized spacial score (nSPS) is 36.2. The number of esters is 1. The van der Waals surface area contributed by atoms with E-state index in [1.807, 2.05) is 20.8 Å². The van der Waals surface area contributed by atoms with Gasteiger partial charge in [0.05, 0.1) is 24.7 Å². The van der Waals surface area contributed by atoms with Crippen molar-refractivity contribution in [2.45, 2.75) is 77.2 Å². The van der Waals surface area contributed by atoms with Crippen molar-refractivity contribution >= 4 is 17.8 Å². The molecule has 180 valence electrons. The van der Waals surface area contributed by atoms with E-state index in [-0.39, 0.29) is 43.5 Å². The maximum Gasteiger partial charge on any atom is 0.312 e. The van der Waals surface area contributed by atoms with Gasteiger partial charge in [-0.25, -0.2) is 0 Å². The monoisotopic (exact) mass is 450 g/mol. The smallest absolute Gasteiger partial charge is 0.312 e. The molecule has 0 saturated carbocycles. The van der Waals surface area contributed by atoms with Crippen molar-refractivity contribution in [3.05, 3.63) is 12.7 Å². The van der Waals surface area contributed by atoms with Crippen LogP contribution in [0.1, 0.15) is 53.9 Å². The van der Waals surface area contributed by atoms with Crippen molar-refractivity contribution < 1.29 is 29.0 Å². The number of ether oxygens (including phenoxy) is 2. The van der Waals surface area contributed by atoms with Crippen molar-refractivity contribution in [3.63, 3.8) is 0 Å². The molecule has 0 aromatic heterocycles. The van der Waals surface area contributed by atoms with Gasteiger partial charge in [0.1, 0.15) is 17.6 Å². The molecule has 0 aromatic carbocycles. The predicted molar refractivity (Wildman–Crippen MR) is 118 cm³/mol. The van der Waals surface area contributed by atoms with Gasteiger partial charge < -0.3 is 24.4 Å². The summed E-state index contributed by atoms with van der Waals surface area (Å²) < 4.78 is 11.9. The molecule has 3 aliphatic rings. The van der Waals surface area contributed by atoms with Crippen LogP contribution >= 0.6 is 0 Å². The molecule has 32 heavy (non-hydrogen) atoms. The van der Waals surface area contributed by atoms with E-state index < -0.39 is 35.0 Å². The van der Waals surface area contributed by atoms with Crippen LogP contribution in [0.15, 0.2) is 12.7 Å². The van der Waals surface area contributed by atoms with Gasteiger partial charge in [-0.05, 0) is 39.5 Å². The highest BCUT2D eigenvalue weighted by molar-refractivity contribution is 5.98. The number of rotatable bonds is 10. The van der Waals surface area contributed by atoms with E-state index in [1.165, 1.54) is 4.90 Å². The van der Waals surface area contributed by atoms with Gasteiger partial charge >= 0.3 is 5.97 Å². The molecule has 1 spiro atoms. The van der Waals surface area contributed by atoms with Crippen molar-refractivity contribution in [3.8, 4) is 0 Å². The maximum absolute atomic E-state index is 14.0. The van der Waals surface area contributed by atoms with Crippen LogP contribution < -0.4 is 0 Å². The number of fused-ring (bicyclic) bond motifs is 1. The summed E-state index contributed by atoms with van der Waals surface area (Å²) in [4.78, 5) is 43.9. The lowest BCUT2D eigenvalue weighted by Gasteiger charge is -2.39. The van der Waals surface area contributed by atoms with Crippen molar-refractivity contribution in [2.24, 2.45) is 17.8 Å². The zero-order valence-electron chi connectivity index (χ0n) is 20.0. The van der Waals surface area contributed by atoms with E-state index in [1.54, 1.807) is 17.9 Å². The number of nitrogens with zero attached hydrogens (tertiary/aromatic N) is 2. The number of carbonyl (C=O) groups excluding carboxylic acids is 3. The number of amides is 2. The number of hydrogen-bond acceptors (Lipinski definition) is 6. The number of aliphatic hydroxyl groups excluding tert-OH is 1. The van der Waals surface area contributed by atoms with Gasteiger partial charge in [0.2, 0.25) is 11.8 Å². The first-order valence-corrected chi connectivity index (χ1v) is 11.8. The third-order valence-corrected chi connectivity index (χ3v) is 7.78. The molecular formula is C24H38N2O6. The summed E-state index contributed by atoms with van der Waals surface area (Å²) in [5.41, 5.74) is -1.99. The van der Waals surface area contributed by atoms with Crippen molar-refractivity contribution in [1.29, 1.82) is 0 Å². The van der Waals surface area contributed by atoms with E-state index in [2.05, 4.69) is 13.5 Å². The van der Waals surface area contributed by atoms with Crippen LogP contribution in [0.25, 0.3) is 0 Å². The molecule has 3 rings (SSSR count). The molecule has 8 heteroatoms. The summed E-state index contributed by atoms with van der Waals surface area (Å²) in [6.45, 7) is 13.8. The molecule has 7 atom stereocenters. The fraction of sp³-hybridized carbons (Fsp3) is 0.792. The quantitative estimate of drug-likeness (QED) is 0.402. The Bertz CT molecular complexity index is 772. The Morgan fingerprint density at radius 3 is 2.69 bits per heavy atom. The molecule has 3 saturated heterocycles. The van der Waals surface area contributed by atoms with Crippen LogP contribution in [0.5, 0.6) is 0 Å². The maximum atomic E-state index is 14.0. The first-order chi connectivity index (χ1) is 15.1. The number of β-amino-alcohol motifs (C(OH)–C–C–N with tert-alkyl or cyclic N) is 1. The predicted octanol–water partition coefficient (Wildman–Crippen LogP) is 1.76. The number of likely N-dealkylation sites (tertiary alicyclic amines) is 1. The highest BCUT2D eigenvalue weighted by Crippen LogP contribution is 2.65. The molecule has 1 N–H and O–H groups in total. The molecule has 0 aromatic rings. The number of aliphatic hydroxyl groups is 1. The van der Waals surface area contributed by atoms with Crippen LogP contribution in [0.2, 0.25) is 0 Å². The second-order valence-corrected chi connectivity index (χ2v) is 9.63. The summed E-state index contributed by atoms with van der Waals surface area (Å²) >= 11 is 0. The first-order valence-electron chi connectivity index (χ1n) is 11.8. The van der Waals surface area contributed by atoms with Gasteiger partial charge in [0.25, 0.3) is 0 Å². The Morgan fingerprint density at radius 2 is 2.12 bits per heavy atom. The van der Waals surface area contributed by atoms with Gasteiger partial charge in [-0.2, -0.15) is 0 Å². The Kier molecular flexibility index (Phi) is 7.05. The third-order valence-electron chi connectivity index (χ3n) is 7.78. The second kappa shape index (κ2) is 9.14. The highest BCUT2D eigenvalue weighted by atomic mass is 16.6. The van der Waals surface area contributed by atoms with E-state index in [0.717, 1.165) is 12.8 Å². The minimum Gasteiger partial charge on any atom is -0.466 e. The molecule has 3 heterocycles. The van der Waals surface area contributed by atoms with E-state index in [9.17, 15) is 19.5 Å². The van der Waals surface area contributed by atoms with E-state index >= 15 is 0 Å². The molecule has 2 amide bonds. The van der Waals surface area contributed by atoms with Gasteiger partial charge in [0.15, 0.2) is 0 Å². The molecular weight excluding hydrogens is 412 g/mol. The summed E-state index contributed by atoms with van der Waals surface area (Å²) in [6, 6.07) is -0.936. The van der Waals surface area contributed by atoms with Crippen molar-refractivity contribution in [1.82, 2.24) is 9.80 Å². The summed E-state index contributed by atoms with van der Waals surface area (Å²) in [5.74, 6) is -2.59. The lowest BCUT2D eigenvalue weighted by molar-refractivity contribution is -0.162. The van der Waals surface area contributed by atoms with E-state index in [0.29, 0.717) is 13.0 Å². The lowest BCUT2D eigenvalue weighted by atomic mass is 9.62. The Morgan fingerprint density at radius 1 is 1.44 bits per heavy atom. The van der Waals surface area contributed by atoms with Gasteiger partial charge in [0, 0.05) is 19.1 Å². The molecule has 4 unspecified atom stereocenters. The SMILES string of the molecule is C=CCN(C(=O)C1N(CCO)C(=O)[C@@H]2[C@@H](C(=O)OCC)[C@]3(C)OC12CC3C)C(C)CCC. The number of hydrogen-bond donors (Lipinski definition) is 1. The van der Waals surface area contributed by atoms with Gasteiger partial charge in [-0.15, -0.1) is 6.58 Å². The van der Waals surface area contributed by atoms with Gasteiger partial charge in [-0.1, -0.05) is 26.3 Å². The standard InChI is InChI=1S/C24H38N2O6/c1-7-10-16(5)25(11-8-2)21(29)19-24-14-15(4)23(6,32-24)18(22(30)31-9-3)17(24)20(28)26(19)12-13-27/h8,15-19,27H,2,7,9-14H2,1,3-6H3/t15?,16?,17-,18-,19?,23+,24?/m0/s1. The first kappa shape index (κ1) is 24.7. The van der Waals surface area contributed by atoms with Crippen LogP contribution in [0.4, 0.5) is 0 Å². The highest BCUT2D eigenvalue weighted by Gasteiger charge is 2.80. The fourth-order valence-corrected chi connectivity index (χ4v) is 6.31. The topological polar surface area (TPSA) is 96.4 Å². The molecule has 2 bridgehead atoms. The average molecular weight is 451 g/mol. The van der Waals surface area contributed by atoms with Crippen LogP contribution in [-0.4, -0.2) is 82.3 Å². The number of carbonyl (C=O) groups is 3. The zero-order chi connectivity index (χ0) is 23.8. The van der Waals surface area contributed by atoms with Gasteiger partial charge in [-0.3, -0.25) is 14.4 Å². The van der Waals surface area contributed by atoms with Crippen LogP contribution in [-0.2, 0) is 23.9 Å². The average Bonchev–Trinajstić information content (AvgIpc) is 3.24. The zero-order valence-corrected chi connectivity index (χ0v) is 20.0. The Balaban J connectivity index is 2.09. The Hall–Kier alpha value is -1.93. The molecule has 0 radical (unpaired) electrons. The minimum atomic E-state index is -1.11. The fourth-order valence-electron chi connectivity index (χ4n) is 6.31. The largest absolute Gasteiger partial charge is 0.466 e. The second-order valence-electron chi connectivity index (χ2n) is 9.63. The van der Waals surface area contributed by atoms with Crippen LogP contribution in [0.3, 0.4) is 0 Å².